The summed E-state index contributed by atoms with van der Waals surface area (Å²) >= 11 is 1.65. The third-order valence-corrected chi connectivity index (χ3v) is 11.5. The van der Waals surface area contributed by atoms with Gasteiger partial charge in [0.1, 0.15) is 6.04 Å². The molecule has 0 radical (unpaired) electrons. The number of aliphatic hydroxyl groups excluding tert-OH is 1. The lowest BCUT2D eigenvalue weighted by Crippen LogP contribution is -2.58. The lowest BCUT2D eigenvalue weighted by Gasteiger charge is -2.40. The molecule has 0 aliphatic carbocycles. The molecule has 3 aromatic carbocycles. The molecule has 0 aromatic heterocycles. The van der Waals surface area contributed by atoms with Crippen LogP contribution in [-0.4, -0.2) is 56.4 Å². The van der Waals surface area contributed by atoms with Crippen LogP contribution in [0.1, 0.15) is 32.8 Å². The van der Waals surface area contributed by atoms with Crippen LogP contribution in [0.25, 0.3) is 10.8 Å². The summed E-state index contributed by atoms with van der Waals surface area (Å²) in [6, 6.07) is 22.1. The third kappa shape index (κ3) is 4.52. The number of hydrogen-bond donors (Lipinski definition) is 3. The summed E-state index contributed by atoms with van der Waals surface area (Å²) in [5.74, 6) is -1.78. The summed E-state index contributed by atoms with van der Waals surface area (Å²) in [7, 11) is 0. The zero-order valence-corrected chi connectivity index (χ0v) is 24.4. The molecule has 3 heterocycles. The predicted molar refractivity (Wildman–Crippen MR) is 162 cm³/mol. The van der Waals surface area contributed by atoms with E-state index in [-0.39, 0.29) is 41.4 Å². The Bertz CT molecular complexity index is 1480. The Morgan fingerprint density at radius 2 is 1.73 bits per heavy atom. The van der Waals surface area contributed by atoms with Crippen LogP contribution in [0.3, 0.4) is 0 Å². The number of fused-ring (bicyclic) bond motifs is 2. The summed E-state index contributed by atoms with van der Waals surface area (Å²) in [5, 5.41) is 18.7. The standard InChI is InChI=1S/C33H37N3O4S/c1-19(2)25(18-37)36-29(31(39)35-24-14-13-22-11-7-8-12-23(22)16-24)33-20(3)15-26(41-33)27(28(33)32(36)40)30(38)34-17-21-9-5-4-6-10-21/h4-14,16,19-20,25-29,37H,15,17-18H2,1-3H3,(H,34,38)(H,35,39)/t20?,25-,26-,27+,28-,29?,33?/m0/s1. The van der Waals surface area contributed by atoms with Crippen molar-refractivity contribution < 1.29 is 19.5 Å². The summed E-state index contributed by atoms with van der Waals surface area (Å²) in [6.45, 7) is 6.15. The molecule has 3 aliphatic heterocycles. The molecule has 214 valence electrons. The van der Waals surface area contributed by atoms with Gasteiger partial charge in [0.2, 0.25) is 17.7 Å². The molecule has 3 aromatic rings. The summed E-state index contributed by atoms with van der Waals surface area (Å²) in [4.78, 5) is 44.1. The molecule has 7 atom stereocenters. The maximum Gasteiger partial charge on any atom is 0.248 e. The quantitative estimate of drug-likeness (QED) is 0.371. The Labute approximate surface area is 245 Å². The highest BCUT2D eigenvalue weighted by Gasteiger charge is 2.76. The van der Waals surface area contributed by atoms with Gasteiger partial charge in [-0.25, -0.2) is 0 Å². The molecule has 3 unspecified atom stereocenters. The molecule has 3 aliphatic rings. The fourth-order valence-electron chi connectivity index (χ4n) is 7.42. The van der Waals surface area contributed by atoms with Crippen LogP contribution in [0.5, 0.6) is 0 Å². The van der Waals surface area contributed by atoms with E-state index in [1.54, 1.807) is 16.7 Å². The number of hydrogen-bond acceptors (Lipinski definition) is 5. The van der Waals surface area contributed by atoms with Gasteiger partial charge in [-0.3, -0.25) is 14.4 Å². The number of aliphatic hydroxyl groups is 1. The van der Waals surface area contributed by atoms with Crippen LogP contribution in [0.2, 0.25) is 0 Å². The number of likely N-dealkylation sites (tertiary alicyclic amines) is 1. The minimum Gasteiger partial charge on any atom is -0.394 e. The van der Waals surface area contributed by atoms with Crippen molar-refractivity contribution in [2.75, 3.05) is 11.9 Å². The minimum absolute atomic E-state index is 0.0422. The van der Waals surface area contributed by atoms with Crippen LogP contribution >= 0.6 is 11.8 Å². The number of carbonyl (C=O) groups is 3. The highest BCUT2D eigenvalue weighted by molar-refractivity contribution is 8.02. The predicted octanol–water partition coefficient (Wildman–Crippen LogP) is 4.45. The molecular formula is C33H37N3O4S. The molecule has 8 heteroatoms. The number of thioether (sulfide) groups is 1. The second-order valence-corrected chi connectivity index (χ2v) is 13.6. The van der Waals surface area contributed by atoms with Crippen molar-refractivity contribution in [2.45, 2.75) is 55.8 Å². The number of nitrogens with one attached hydrogen (secondary N) is 2. The van der Waals surface area contributed by atoms with Crippen molar-refractivity contribution >= 4 is 45.9 Å². The Balaban J connectivity index is 1.35. The summed E-state index contributed by atoms with van der Waals surface area (Å²) in [5.41, 5.74) is 1.65. The Kier molecular flexibility index (Phi) is 7.32. The number of nitrogens with zero attached hydrogens (tertiary/aromatic N) is 1. The lowest BCUT2D eigenvalue weighted by atomic mass is 9.66. The molecule has 1 spiro atoms. The van der Waals surface area contributed by atoms with E-state index in [4.69, 9.17) is 0 Å². The average molecular weight is 572 g/mol. The molecule has 3 amide bonds. The first kappa shape index (κ1) is 27.8. The van der Waals surface area contributed by atoms with E-state index in [9.17, 15) is 19.5 Å². The molecule has 2 bridgehead atoms. The lowest BCUT2D eigenvalue weighted by molar-refractivity contribution is -0.143. The summed E-state index contributed by atoms with van der Waals surface area (Å²) < 4.78 is -0.750. The molecule has 3 saturated heterocycles. The van der Waals surface area contributed by atoms with Crippen molar-refractivity contribution in [3.63, 3.8) is 0 Å². The second kappa shape index (κ2) is 10.8. The Morgan fingerprint density at radius 1 is 1.02 bits per heavy atom. The minimum atomic E-state index is -0.803. The van der Waals surface area contributed by atoms with Gasteiger partial charge >= 0.3 is 0 Å². The Hall–Kier alpha value is -3.36. The van der Waals surface area contributed by atoms with Gasteiger partial charge in [0.15, 0.2) is 0 Å². The molecule has 3 fully saturated rings. The van der Waals surface area contributed by atoms with E-state index in [0.717, 1.165) is 22.8 Å². The van der Waals surface area contributed by atoms with Crippen LogP contribution in [0.4, 0.5) is 5.69 Å². The van der Waals surface area contributed by atoms with E-state index in [1.807, 2.05) is 86.6 Å². The van der Waals surface area contributed by atoms with Crippen LogP contribution in [0.15, 0.2) is 72.8 Å². The number of rotatable bonds is 8. The molecule has 0 saturated carbocycles. The van der Waals surface area contributed by atoms with Crippen LogP contribution < -0.4 is 10.6 Å². The van der Waals surface area contributed by atoms with E-state index in [1.165, 1.54) is 0 Å². The SMILES string of the molecule is CC(C)[C@H](CO)N1C(=O)[C@@H]2[C@H](C(=O)NCc3ccccc3)[C@@H]3CC(C)C2(S3)C1C(=O)Nc1ccc2ccccc2c1. The van der Waals surface area contributed by atoms with E-state index < -0.39 is 28.7 Å². The van der Waals surface area contributed by atoms with Crippen molar-refractivity contribution in [2.24, 2.45) is 23.7 Å². The number of benzene rings is 3. The van der Waals surface area contributed by atoms with Gasteiger partial charge < -0.3 is 20.6 Å². The van der Waals surface area contributed by atoms with Gasteiger partial charge in [-0.05, 0) is 46.7 Å². The highest BCUT2D eigenvalue weighted by atomic mass is 32.2. The van der Waals surface area contributed by atoms with Crippen LogP contribution in [-0.2, 0) is 20.9 Å². The monoisotopic (exact) mass is 571 g/mol. The second-order valence-electron chi connectivity index (χ2n) is 12.0. The van der Waals surface area contributed by atoms with Gasteiger partial charge in [0.05, 0.1) is 29.2 Å². The van der Waals surface area contributed by atoms with E-state index >= 15 is 0 Å². The molecule has 41 heavy (non-hydrogen) atoms. The highest BCUT2D eigenvalue weighted by Crippen LogP contribution is 2.69. The molecule has 7 nitrogen and oxygen atoms in total. The zero-order valence-electron chi connectivity index (χ0n) is 23.6. The number of carbonyl (C=O) groups excluding carboxylic acids is 3. The third-order valence-electron chi connectivity index (χ3n) is 9.37. The Morgan fingerprint density at radius 3 is 2.44 bits per heavy atom. The first-order valence-electron chi connectivity index (χ1n) is 14.5. The molecular weight excluding hydrogens is 534 g/mol. The zero-order chi connectivity index (χ0) is 28.9. The molecule has 6 rings (SSSR count). The van der Waals surface area contributed by atoms with Gasteiger partial charge in [-0.1, -0.05) is 81.4 Å². The van der Waals surface area contributed by atoms with Gasteiger partial charge in [0.25, 0.3) is 0 Å². The maximum absolute atomic E-state index is 14.4. The average Bonchev–Trinajstić information content (AvgIpc) is 3.56. The normalized spacial score (nSPS) is 29.1. The van der Waals surface area contributed by atoms with Crippen molar-refractivity contribution in [3.8, 4) is 0 Å². The van der Waals surface area contributed by atoms with Crippen LogP contribution in [0, 0.1) is 23.7 Å². The number of anilines is 1. The van der Waals surface area contributed by atoms with Crippen molar-refractivity contribution in [3.05, 3.63) is 78.4 Å². The van der Waals surface area contributed by atoms with Crippen molar-refractivity contribution in [1.29, 1.82) is 0 Å². The smallest absolute Gasteiger partial charge is 0.248 e. The van der Waals surface area contributed by atoms with Gasteiger partial charge in [0, 0.05) is 17.5 Å². The largest absolute Gasteiger partial charge is 0.394 e. The molecule has 3 N–H and O–H groups in total. The van der Waals surface area contributed by atoms with Crippen molar-refractivity contribution in [1.82, 2.24) is 10.2 Å². The van der Waals surface area contributed by atoms with Gasteiger partial charge in [-0.2, -0.15) is 0 Å². The van der Waals surface area contributed by atoms with Gasteiger partial charge in [-0.15, -0.1) is 11.8 Å². The first-order valence-corrected chi connectivity index (χ1v) is 15.4. The number of amides is 3. The first-order chi connectivity index (χ1) is 19.8. The fraction of sp³-hybridized carbons (Fsp3) is 0.424. The van der Waals surface area contributed by atoms with E-state index in [2.05, 4.69) is 17.6 Å². The maximum atomic E-state index is 14.4. The fourth-order valence-corrected chi connectivity index (χ4v) is 9.83. The topological polar surface area (TPSA) is 98.7 Å². The van der Waals surface area contributed by atoms with E-state index in [0.29, 0.717) is 12.2 Å². The summed E-state index contributed by atoms with van der Waals surface area (Å²) in [6.07, 6.45) is 0.761.